The first-order chi connectivity index (χ1) is 10.2. The first-order valence-electron chi connectivity index (χ1n) is 7.77. The number of carbonyl (C=O) groups excluding carboxylic acids is 2. The quantitative estimate of drug-likeness (QED) is 0.551. The number of imide groups is 1. The van der Waals surface area contributed by atoms with E-state index < -0.39 is 6.03 Å². The number of nitrogens with one attached hydrogen (secondary N) is 2. The minimum Gasteiger partial charge on any atom is -0.378 e. The van der Waals surface area contributed by atoms with Gasteiger partial charge in [-0.2, -0.15) is 0 Å². The Hall–Kier alpha value is -1.18. The number of nitrogens with two attached hydrogens (primary N) is 1. The van der Waals surface area contributed by atoms with E-state index >= 15 is 0 Å². The molecule has 122 valence electrons. The molecule has 1 rings (SSSR count). The van der Waals surface area contributed by atoms with Gasteiger partial charge < -0.3 is 15.8 Å². The Bertz CT molecular complexity index is 317. The molecule has 3 amide bonds. The SMILES string of the molecule is CCCNC(=O)NC(=O)CN1CCC(OCCCN)CC1. The standard InChI is InChI=1S/C14H28N4O3/c1-2-7-16-14(20)17-13(19)11-18-8-4-12(5-9-18)21-10-3-6-15/h12H,2-11,15H2,1H3,(H2,16,17,19,20). The third-order valence-electron chi connectivity index (χ3n) is 3.39. The van der Waals surface area contributed by atoms with Gasteiger partial charge in [0, 0.05) is 26.2 Å². The number of nitrogens with zero attached hydrogens (tertiary/aromatic N) is 1. The molecule has 0 spiro atoms. The largest absolute Gasteiger partial charge is 0.378 e. The van der Waals surface area contributed by atoms with Crippen LogP contribution in [0.2, 0.25) is 0 Å². The zero-order chi connectivity index (χ0) is 15.5. The second-order valence-electron chi connectivity index (χ2n) is 5.29. The molecule has 0 atom stereocenters. The van der Waals surface area contributed by atoms with Gasteiger partial charge in [-0.05, 0) is 32.2 Å². The van der Waals surface area contributed by atoms with Crippen LogP contribution in [0.3, 0.4) is 0 Å². The van der Waals surface area contributed by atoms with Crippen LogP contribution in [0.25, 0.3) is 0 Å². The Balaban J connectivity index is 2.14. The smallest absolute Gasteiger partial charge is 0.321 e. The van der Waals surface area contributed by atoms with Crippen molar-refractivity contribution in [2.75, 3.05) is 39.3 Å². The molecule has 0 unspecified atom stereocenters. The van der Waals surface area contributed by atoms with Crippen LogP contribution < -0.4 is 16.4 Å². The van der Waals surface area contributed by atoms with Crippen molar-refractivity contribution in [3.05, 3.63) is 0 Å². The average molecular weight is 300 g/mol. The van der Waals surface area contributed by atoms with Gasteiger partial charge in [0.2, 0.25) is 5.91 Å². The summed E-state index contributed by atoms with van der Waals surface area (Å²) in [5.74, 6) is -0.258. The number of piperidine rings is 1. The Morgan fingerprint density at radius 3 is 2.67 bits per heavy atom. The molecule has 21 heavy (non-hydrogen) atoms. The van der Waals surface area contributed by atoms with E-state index in [2.05, 4.69) is 10.6 Å². The zero-order valence-electron chi connectivity index (χ0n) is 12.9. The number of rotatable bonds is 8. The lowest BCUT2D eigenvalue weighted by atomic mass is 10.1. The molecule has 0 aromatic heterocycles. The van der Waals surface area contributed by atoms with Crippen molar-refractivity contribution >= 4 is 11.9 Å². The van der Waals surface area contributed by atoms with E-state index in [-0.39, 0.29) is 18.6 Å². The minimum absolute atomic E-state index is 0.258. The van der Waals surface area contributed by atoms with Crippen molar-refractivity contribution in [2.45, 2.75) is 38.7 Å². The van der Waals surface area contributed by atoms with E-state index in [1.165, 1.54) is 0 Å². The molecular formula is C14H28N4O3. The van der Waals surface area contributed by atoms with Crippen LogP contribution in [0.1, 0.15) is 32.6 Å². The second kappa shape index (κ2) is 10.5. The molecule has 0 aromatic carbocycles. The Morgan fingerprint density at radius 1 is 1.33 bits per heavy atom. The predicted molar refractivity (Wildman–Crippen MR) is 80.9 cm³/mol. The lowest BCUT2D eigenvalue weighted by molar-refractivity contribution is -0.121. The van der Waals surface area contributed by atoms with Gasteiger partial charge in [-0.15, -0.1) is 0 Å². The summed E-state index contributed by atoms with van der Waals surface area (Å²) in [5.41, 5.74) is 5.43. The van der Waals surface area contributed by atoms with Crippen LogP contribution >= 0.6 is 0 Å². The molecule has 0 aromatic rings. The summed E-state index contributed by atoms with van der Waals surface area (Å²) < 4.78 is 5.71. The highest BCUT2D eigenvalue weighted by Crippen LogP contribution is 2.13. The Morgan fingerprint density at radius 2 is 2.05 bits per heavy atom. The van der Waals surface area contributed by atoms with Gasteiger partial charge in [0.05, 0.1) is 12.6 Å². The van der Waals surface area contributed by atoms with Gasteiger partial charge in [-0.3, -0.25) is 15.0 Å². The van der Waals surface area contributed by atoms with E-state index in [0.717, 1.165) is 38.8 Å². The maximum absolute atomic E-state index is 11.7. The molecule has 1 saturated heterocycles. The fourth-order valence-corrected chi connectivity index (χ4v) is 2.22. The van der Waals surface area contributed by atoms with Crippen LogP contribution in [-0.4, -0.2) is 62.3 Å². The summed E-state index contributed by atoms with van der Waals surface area (Å²) in [6.45, 7) is 5.79. The summed E-state index contributed by atoms with van der Waals surface area (Å²) in [5, 5.41) is 4.96. The van der Waals surface area contributed by atoms with E-state index in [9.17, 15) is 9.59 Å². The molecule has 0 aliphatic carbocycles. The molecule has 1 aliphatic heterocycles. The van der Waals surface area contributed by atoms with Crippen LogP contribution in [0, 0.1) is 0 Å². The number of carbonyl (C=O) groups is 2. The number of urea groups is 1. The third kappa shape index (κ3) is 7.99. The Labute approximate surface area is 126 Å². The molecule has 1 fully saturated rings. The monoisotopic (exact) mass is 300 g/mol. The fourth-order valence-electron chi connectivity index (χ4n) is 2.22. The molecule has 1 heterocycles. The van der Waals surface area contributed by atoms with Crippen molar-refractivity contribution in [3.63, 3.8) is 0 Å². The molecule has 0 bridgehead atoms. The first-order valence-corrected chi connectivity index (χ1v) is 7.77. The zero-order valence-corrected chi connectivity index (χ0v) is 12.9. The maximum atomic E-state index is 11.7. The van der Waals surface area contributed by atoms with Crippen molar-refractivity contribution in [1.29, 1.82) is 0 Å². The van der Waals surface area contributed by atoms with Crippen LogP contribution in [-0.2, 0) is 9.53 Å². The van der Waals surface area contributed by atoms with Gasteiger partial charge in [-0.1, -0.05) is 6.92 Å². The average Bonchev–Trinajstić information content (AvgIpc) is 2.47. The van der Waals surface area contributed by atoms with E-state index in [1.54, 1.807) is 0 Å². The highest BCUT2D eigenvalue weighted by atomic mass is 16.5. The van der Waals surface area contributed by atoms with Gasteiger partial charge in [0.25, 0.3) is 0 Å². The van der Waals surface area contributed by atoms with E-state index in [1.807, 2.05) is 11.8 Å². The van der Waals surface area contributed by atoms with Gasteiger partial charge in [-0.25, -0.2) is 4.79 Å². The molecule has 0 saturated carbocycles. The Kier molecular flexibility index (Phi) is 8.96. The van der Waals surface area contributed by atoms with Gasteiger partial charge in [0.15, 0.2) is 0 Å². The minimum atomic E-state index is -0.415. The van der Waals surface area contributed by atoms with Crippen molar-refractivity contribution in [1.82, 2.24) is 15.5 Å². The highest BCUT2D eigenvalue weighted by Gasteiger charge is 2.21. The summed E-state index contributed by atoms with van der Waals surface area (Å²) in [7, 11) is 0. The number of ether oxygens (including phenoxy) is 1. The van der Waals surface area contributed by atoms with Crippen molar-refractivity contribution in [3.8, 4) is 0 Å². The summed E-state index contributed by atoms with van der Waals surface area (Å²) in [6, 6.07) is -0.415. The van der Waals surface area contributed by atoms with Crippen molar-refractivity contribution < 1.29 is 14.3 Å². The highest BCUT2D eigenvalue weighted by molar-refractivity contribution is 5.95. The van der Waals surface area contributed by atoms with Gasteiger partial charge in [0.1, 0.15) is 0 Å². The lowest BCUT2D eigenvalue weighted by Crippen LogP contribution is -2.47. The van der Waals surface area contributed by atoms with Crippen LogP contribution in [0.15, 0.2) is 0 Å². The third-order valence-corrected chi connectivity index (χ3v) is 3.39. The number of hydrogen-bond acceptors (Lipinski definition) is 5. The van der Waals surface area contributed by atoms with Crippen molar-refractivity contribution in [2.24, 2.45) is 5.73 Å². The lowest BCUT2D eigenvalue weighted by Gasteiger charge is -2.31. The van der Waals surface area contributed by atoms with Crippen LogP contribution in [0.4, 0.5) is 4.79 Å². The van der Waals surface area contributed by atoms with E-state index in [4.69, 9.17) is 10.5 Å². The molecular weight excluding hydrogens is 272 g/mol. The second-order valence-corrected chi connectivity index (χ2v) is 5.29. The van der Waals surface area contributed by atoms with Crippen LogP contribution in [0.5, 0.6) is 0 Å². The molecule has 7 nitrogen and oxygen atoms in total. The first kappa shape index (κ1) is 17.9. The summed E-state index contributed by atoms with van der Waals surface area (Å²) in [4.78, 5) is 25.1. The maximum Gasteiger partial charge on any atom is 0.321 e. The number of likely N-dealkylation sites (tertiary alicyclic amines) is 1. The fraction of sp³-hybridized carbons (Fsp3) is 0.857. The molecule has 1 aliphatic rings. The summed E-state index contributed by atoms with van der Waals surface area (Å²) >= 11 is 0. The molecule has 7 heteroatoms. The number of amides is 3. The summed E-state index contributed by atoms with van der Waals surface area (Å²) in [6.07, 6.45) is 3.83. The topological polar surface area (TPSA) is 96.7 Å². The molecule has 0 radical (unpaired) electrons. The predicted octanol–water partition coefficient (Wildman–Crippen LogP) is 0.0520. The van der Waals surface area contributed by atoms with E-state index in [0.29, 0.717) is 19.7 Å². The number of hydrogen-bond donors (Lipinski definition) is 3. The normalized spacial score (nSPS) is 16.7. The molecule has 4 N–H and O–H groups in total. The van der Waals surface area contributed by atoms with Gasteiger partial charge >= 0.3 is 6.03 Å².